The first-order chi connectivity index (χ1) is 11.4. The Hall–Kier alpha value is -2.34. The molecule has 0 aliphatic rings. The zero-order valence-corrected chi connectivity index (χ0v) is 14.8. The van der Waals surface area contributed by atoms with Crippen molar-refractivity contribution in [3.05, 3.63) is 60.2 Å². The van der Waals surface area contributed by atoms with Gasteiger partial charge in [-0.1, -0.05) is 44.2 Å². The van der Waals surface area contributed by atoms with Gasteiger partial charge in [0.1, 0.15) is 0 Å². The first-order valence-corrected chi connectivity index (χ1v) is 9.48. The SMILES string of the molecule is CC(C)c1cccc(NC(N)=NCCS(=O)(=O)c2ccccc2)c1. The van der Waals surface area contributed by atoms with Gasteiger partial charge >= 0.3 is 0 Å². The molecule has 0 unspecified atom stereocenters. The maximum atomic E-state index is 12.2. The number of sulfone groups is 1. The Morgan fingerprint density at radius 1 is 1.12 bits per heavy atom. The summed E-state index contributed by atoms with van der Waals surface area (Å²) < 4.78 is 24.3. The standard InChI is InChI=1S/C18H23N3O2S/c1-14(2)15-7-6-8-16(13-15)21-18(19)20-11-12-24(22,23)17-9-4-3-5-10-17/h3-10,13-14H,11-12H2,1-2H3,(H3,19,20,21). The lowest BCUT2D eigenvalue weighted by Crippen LogP contribution is -2.24. The van der Waals surface area contributed by atoms with Gasteiger partial charge in [0, 0.05) is 5.69 Å². The van der Waals surface area contributed by atoms with Gasteiger partial charge in [0.2, 0.25) is 0 Å². The number of aliphatic imine (C=N–C) groups is 1. The van der Waals surface area contributed by atoms with E-state index in [9.17, 15) is 8.42 Å². The minimum atomic E-state index is -3.34. The summed E-state index contributed by atoms with van der Waals surface area (Å²) in [6.45, 7) is 4.34. The summed E-state index contributed by atoms with van der Waals surface area (Å²) >= 11 is 0. The van der Waals surface area contributed by atoms with Gasteiger partial charge < -0.3 is 11.1 Å². The maximum absolute atomic E-state index is 12.2. The van der Waals surface area contributed by atoms with E-state index in [1.165, 1.54) is 5.56 Å². The number of nitrogens with one attached hydrogen (secondary N) is 1. The lowest BCUT2D eigenvalue weighted by atomic mass is 10.0. The Morgan fingerprint density at radius 3 is 2.50 bits per heavy atom. The molecule has 0 bridgehead atoms. The van der Waals surface area contributed by atoms with E-state index in [1.807, 2.05) is 18.2 Å². The average molecular weight is 345 g/mol. The highest BCUT2D eigenvalue weighted by Gasteiger charge is 2.12. The third-order valence-corrected chi connectivity index (χ3v) is 5.28. The maximum Gasteiger partial charge on any atom is 0.193 e. The number of hydrogen-bond donors (Lipinski definition) is 2. The summed E-state index contributed by atoms with van der Waals surface area (Å²) in [4.78, 5) is 4.41. The Balaban J connectivity index is 1.96. The largest absolute Gasteiger partial charge is 0.370 e. The van der Waals surface area contributed by atoms with Crippen LogP contribution in [0.4, 0.5) is 5.69 Å². The van der Waals surface area contributed by atoms with Crippen molar-refractivity contribution < 1.29 is 8.42 Å². The van der Waals surface area contributed by atoms with E-state index in [0.717, 1.165) is 5.69 Å². The molecule has 24 heavy (non-hydrogen) atoms. The summed E-state index contributed by atoms with van der Waals surface area (Å²) in [6, 6.07) is 16.3. The molecule has 2 aromatic rings. The molecule has 0 aliphatic heterocycles. The van der Waals surface area contributed by atoms with Crippen molar-refractivity contribution in [3.8, 4) is 0 Å². The van der Waals surface area contributed by atoms with Crippen molar-refractivity contribution in [1.29, 1.82) is 0 Å². The summed E-state index contributed by atoms with van der Waals surface area (Å²) in [6.07, 6.45) is 0. The van der Waals surface area contributed by atoms with Crippen LogP contribution < -0.4 is 11.1 Å². The highest BCUT2D eigenvalue weighted by molar-refractivity contribution is 7.91. The zero-order valence-electron chi connectivity index (χ0n) is 13.9. The quantitative estimate of drug-likeness (QED) is 0.622. The van der Waals surface area contributed by atoms with E-state index in [1.54, 1.807) is 30.3 Å². The van der Waals surface area contributed by atoms with Gasteiger partial charge in [-0.2, -0.15) is 0 Å². The van der Waals surface area contributed by atoms with Gasteiger partial charge in [-0.25, -0.2) is 8.42 Å². The highest BCUT2D eigenvalue weighted by atomic mass is 32.2. The van der Waals surface area contributed by atoms with Crippen LogP contribution in [0.15, 0.2) is 64.5 Å². The molecule has 6 heteroatoms. The van der Waals surface area contributed by atoms with Crippen molar-refractivity contribution in [2.75, 3.05) is 17.6 Å². The third kappa shape index (κ3) is 5.09. The average Bonchev–Trinajstić information content (AvgIpc) is 2.55. The van der Waals surface area contributed by atoms with Crippen LogP contribution in [0.2, 0.25) is 0 Å². The normalized spacial score (nSPS) is 12.4. The summed E-state index contributed by atoms with van der Waals surface area (Å²) in [7, 11) is -3.34. The molecule has 0 aliphatic carbocycles. The zero-order chi connectivity index (χ0) is 17.6. The molecule has 0 saturated heterocycles. The Labute approximate surface area is 143 Å². The fourth-order valence-corrected chi connectivity index (χ4v) is 3.33. The molecule has 0 fully saturated rings. The van der Waals surface area contributed by atoms with Crippen LogP contribution in [0.25, 0.3) is 0 Å². The first-order valence-electron chi connectivity index (χ1n) is 7.83. The van der Waals surface area contributed by atoms with Gasteiger partial charge in [-0.05, 0) is 35.7 Å². The molecule has 0 amide bonds. The third-order valence-electron chi connectivity index (χ3n) is 3.57. The van der Waals surface area contributed by atoms with E-state index >= 15 is 0 Å². The minimum Gasteiger partial charge on any atom is -0.370 e. The van der Waals surface area contributed by atoms with Crippen LogP contribution in [0.5, 0.6) is 0 Å². The molecule has 0 spiro atoms. The first kappa shape index (κ1) is 18.0. The second-order valence-electron chi connectivity index (χ2n) is 5.80. The monoisotopic (exact) mass is 345 g/mol. The minimum absolute atomic E-state index is 0.0779. The highest BCUT2D eigenvalue weighted by Crippen LogP contribution is 2.18. The summed E-state index contributed by atoms with van der Waals surface area (Å²) in [5.74, 6) is 0.547. The van der Waals surface area contributed by atoms with Gasteiger partial charge in [-0.3, -0.25) is 4.99 Å². The molecule has 2 aromatic carbocycles. The smallest absolute Gasteiger partial charge is 0.193 e. The van der Waals surface area contributed by atoms with Crippen molar-refractivity contribution in [3.63, 3.8) is 0 Å². The van der Waals surface area contributed by atoms with Crippen LogP contribution in [0.1, 0.15) is 25.3 Å². The van der Waals surface area contributed by atoms with Crippen LogP contribution in [-0.2, 0) is 9.84 Å². The van der Waals surface area contributed by atoms with E-state index in [0.29, 0.717) is 10.8 Å². The summed E-state index contributed by atoms with van der Waals surface area (Å²) in [5.41, 5.74) is 7.88. The number of guanidine groups is 1. The van der Waals surface area contributed by atoms with Gasteiger partial charge in [0.15, 0.2) is 15.8 Å². The molecule has 2 rings (SSSR count). The van der Waals surface area contributed by atoms with Gasteiger partial charge in [0.05, 0.1) is 17.2 Å². The molecule has 0 heterocycles. The lowest BCUT2D eigenvalue weighted by molar-refractivity contribution is 0.596. The molecule has 0 saturated carbocycles. The van der Waals surface area contributed by atoms with Gasteiger partial charge in [0.25, 0.3) is 0 Å². The van der Waals surface area contributed by atoms with Crippen LogP contribution in [-0.4, -0.2) is 26.7 Å². The molecule has 5 nitrogen and oxygen atoms in total. The molecule has 3 N–H and O–H groups in total. The molecular formula is C18H23N3O2S. The predicted octanol–water partition coefficient (Wildman–Crippen LogP) is 3.01. The number of rotatable bonds is 6. The van der Waals surface area contributed by atoms with Crippen molar-refractivity contribution >= 4 is 21.5 Å². The molecule has 0 atom stereocenters. The Bertz CT molecular complexity index is 800. The number of benzene rings is 2. The van der Waals surface area contributed by atoms with Crippen LogP contribution in [0.3, 0.4) is 0 Å². The fourth-order valence-electron chi connectivity index (χ4n) is 2.19. The van der Waals surface area contributed by atoms with Crippen molar-refractivity contribution in [1.82, 2.24) is 0 Å². The number of hydrogen-bond acceptors (Lipinski definition) is 3. The Morgan fingerprint density at radius 2 is 1.83 bits per heavy atom. The number of anilines is 1. The van der Waals surface area contributed by atoms with E-state index in [-0.39, 0.29) is 18.3 Å². The lowest BCUT2D eigenvalue weighted by Gasteiger charge is -2.10. The van der Waals surface area contributed by atoms with E-state index < -0.39 is 9.84 Å². The number of nitrogens with zero attached hydrogens (tertiary/aromatic N) is 1. The number of nitrogens with two attached hydrogens (primary N) is 1. The van der Waals surface area contributed by atoms with Crippen LogP contribution in [0, 0.1) is 0 Å². The van der Waals surface area contributed by atoms with Gasteiger partial charge in [-0.15, -0.1) is 0 Å². The fraction of sp³-hybridized carbons (Fsp3) is 0.278. The molecule has 0 radical (unpaired) electrons. The topological polar surface area (TPSA) is 84.5 Å². The molecule has 0 aromatic heterocycles. The second kappa shape index (κ2) is 7.97. The molecular weight excluding hydrogens is 322 g/mol. The second-order valence-corrected chi connectivity index (χ2v) is 7.91. The van der Waals surface area contributed by atoms with E-state index in [4.69, 9.17) is 5.73 Å². The van der Waals surface area contributed by atoms with Crippen LogP contribution >= 0.6 is 0 Å². The van der Waals surface area contributed by atoms with E-state index in [2.05, 4.69) is 30.2 Å². The van der Waals surface area contributed by atoms with Crippen molar-refractivity contribution in [2.24, 2.45) is 10.7 Å². The predicted molar refractivity (Wildman–Crippen MR) is 99.1 cm³/mol. The molecule has 128 valence electrons. The summed E-state index contributed by atoms with van der Waals surface area (Å²) in [5, 5.41) is 3.00. The van der Waals surface area contributed by atoms with Crippen molar-refractivity contribution in [2.45, 2.75) is 24.7 Å². The Kier molecular flexibility index (Phi) is 5.98.